The molecule has 0 spiro atoms. The molecule has 16 N–H and O–H groups in total. The van der Waals surface area contributed by atoms with Crippen molar-refractivity contribution in [2.75, 3.05) is 7.11 Å². The van der Waals surface area contributed by atoms with E-state index in [1.165, 1.54) is 52.0 Å². The molecule has 0 radical (unpaired) electrons. The summed E-state index contributed by atoms with van der Waals surface area (Å²) in [5, 5.41) is 137. The monoisotopic (exact) mass is 1560 g/mol. The average Bonchev–Trinajstić information content (AvgIpc) is 1.73. The minimum atomic E-state index is -5.24. The molecule has 0 saturated carbocycles. The van der Waals surface area contributed by atoms with Gasteiger partial charge in [0.25, 0.3) is 0 Å². The van der Waals surface area contributed by atoms with Crippen LogP contribution in [0.25, 0.3) is 0 Å². The van der Waals surface area contributed by atoms with Gasteiger partial charge in [-0.2, -0.15) is 8.42 Å². The predicted octanol–water partition coefficient (Wildman–Crippen LogP) is 9.59. The molecule has 1 saturated heterocycles. The van der Waals surface area contributed by atoms with E-state index >= 15 is 0 Å². The fourth-order valence-electron chi connectivity index (χ4n) is 14.6. The van der Waals surface area contributed by atoms with E-state index in [2.05, 4.69) is 29.5 Å². The summed E-state index contributed by atoms with van der Waals surface area (Å²) in [6.07, 6.45) is 10.1. The summed E-state index contributed by atoms with van der Waals surface area (Å²) in [6.45, 7) is 12.2. The van der Waals surface area contributed by atoms with Crippen LogP contribution in [0.2, 0.25) is 0 Å². The molecule has 2 aromatic heterocycles. The van der Waals surface area contributed by atoms with Crippen LogP contribution in [-0.4, -0.2) is 213 Å². The normalized spacial score (nSPS) is 30.0. The number of fused-ring (bicyclic) bond motifs is 2. The lowest BCUT2D eigenvalue weighted by molar-refractivity contribution is -0.120. The Labute approximate surface area is 642 Å². The zero-order valence-electron chi connectivity index (χ0n) is 65.4. The average molecular weight is 1560 g/mol. The molecule has 2 bridgehead atoms. The molecule has 26 nitrogen and oxygen atoms in total. The van der Waals surface area contributed by atoms with Gasteiger partial charge in [-0.25, -0.2) is 18.9 Å². The minimum Gasteiger partial charge on any atom is -0.456 e. The van der Waals surface area contributed by atoms with Crippen LogP contribution in [0.5, 0.6) is 0 Å². The van der Waals surface area contributed by atoms with E-state index in [4.69, 9.17) is 33.5 Å². The van der Waals surface area contributed by atoms with Gasteiger partial charge in [-0.15, -0.1) is 11.3 Å². The van der Waals surface area contributed by atoms with Crippen molar-refractivity contribution in [2.45, 2.75) is 395 Å². The Bertz CT molecular complexity index is 2890. The Balaban J connectivity index is 1.32. The van der Waals surface area contributed by atoms with Crippen molar-refractivity contribution >= 4 is 33.6 Å². The van der Waals surface area contributed by atoms with Crippen LogP contribution < -0.4 is 11.1 Å². The number of methoxy groups -OCH3 is 1. The fraction of sp³-hybridized carbons (Fsp3) is 0.848. The maximum absolute atomic E-state index is 14.2. The third-order valence-electron chi connectivity index (χ3n) is 21.3. The molecule has 620 valence electrons. The number of rotatable bonds is 31. The molecule has 2 aliphatic rings. The van der Waals surface area contributed by atoms with E-state index < -0.39 is 126 Å². The molecule has 2 aromatic rings. The Morgan fingerprint density at radius 2 is 1.23 bits per heavy atom. The Morgan fingerprint density at radius 3 is 1.87 bits per heavy atom. The largest absolute Gasteiger partial charge is 0.456 e. The number of cyclic esters (lactones) is 1. The van der Waals surface area contributed by atoms with E-state index in [0.717, 1.165) is 49.1 Å². The predicted molar refractivity (Wildman–Crippen MR) is 410 cm³/mol. The van der Waals surface area contributed by atoms with E-state index in [1.54, 1.807) is 32.3 Å². The smallest absolute Gasteiger partial charge is 0.397 e. The van der Waals surface area contributed by atoms with Crippen molar-refractivity contribution in [3.63, 3.8) is 0 Å². The van der Waals surface area contributed by atoms with Crippen LogP contribution >= 0.6 is 11.3 Å². The number of thiazole rings is 1. The Morgan fingerprint density at radius 1 is 0.664 bits per heavy atom. The maximum atomic E-state index is 14.2. The van der Waals surface area contributed by atoms with Crippen molar-refractivity contribution in [1.82, 2.24) is 15.3 Å². The number of unbranched alkanes of at least 4 members (excludes halogenated alkanes) is 5. The molecule has 0 unspecified atom stereocenters. The summed E-state index contributed by atoms with van der Waals surface area (Å²) >= 11 is 1.67. The summed E-state index contributed by atoms with van der Waals surface area (Å²) in [6, 6.07) is -1.21. The number of amides is 1. The molecule has 0 aromatic carbocycles. The van der Waals surface area contributed by atoms with E-state index in [1.807, 2.05) is 19.1 Å². The highest BCUT2D eigenvalue weighted by Crippen LogP contribution is 2.38. The van der Waals surface area contributed by atoms with Crippen LogP contribution in [0.1, 0.15) is 300 Å². The summed E-state index contributed by atoms with van der Waals surface area (Å²) in [7, 11) is -3.68. The lowest BCUT2D eigenvalue weighted by atomic mass is 9.88. The SMILES string of the molecule is CO[C@@H]1/C=C/[C@@H](C)CC[C@@H](O)C[C@@H](O)CCC[C@@H](O)CCCC[C@@H](C)[C@H](OS(=O)(=O)O)[C@@H](NC(=O)/C(C)=C/[C@H](C)[C@@H](O)C[C@H](O)C[C@@H](O)CCC[C@@H](O)C[C@H](O)C[C@H](O)C[C@@H]2O[C@H](c3csc(CCCCCCCC[C@@H](C)N)n3)CC[C@@H]2C)[C@@H](C)OC(=O)c2coc(n2)CCC[C@H](O)C[C@H](O)CCC[C@H](O)C1. The molecule has 1 fully saturated rings. The molecule has 23 atom stereocenters. The third kappa shape index (κ3) is 41.2. The highest BCUT2D eigenvalue weighted by molar-refractivity contribution is 7.80. The van der Waals surface area contributed by atoms with Crippen molar-refractivity contribution in [2.24, 2.45) is 29.4 Å². The quantitative estimate of drug-likeness (QED) is 0.0110. The first kappa shape index (κ1) is 95.9. The van der Waals surface area contributed by atoms with Gasteiger partial charge in [-0.3, -0.25) is 9.35 Å². The molecule has 4 heterocycles. The van der Waals surface area contributed by atoms with Gasteiger partial charge in [-0.1, -0.05) is 90.9 Å². The van der Waals surface area contributed by atoms with Crippen molar-refractivity contribution in [1.29, 1.82) is 0 Å². The number of hydrogen-bond donors (Lipinski definition) is 15. The van der Waals surface area contributed by atoms with Gasteiger partial charge in [0.05, 0.1) is 102 Å². The van der Waals surface area contributed by atoms with Crippen LogP contribution in [-0.2, 0) is 46.4 Å². The van der Waals surface area contributed by atoms with Crippen molar-refractivity contribution < 1.29 is 107 Å². The number of allylic oxidation sites excluding steroid dienone is 1. The van der Waals surface area contributed by atoms with Crippen LogP contribution in [0.4, 0.5) is 0 Å². The van der Waals surface area contributed by atoms with E-state index in [0.29, 0.717) is 96.3 Å². The summed E-state index contributed by atoms with van der Waals surface area (Å²) in [4.78, 5) is 37.2. The van der Waals surface area contributed by atoms with Gasteiger partial charge in [0.2, 0.25) is 5.91 Å². The molecule has 4 rings (SSSR count). The van der Waals surface area contributed by atoms with E-state index in [-0.39, 0.29) is 124 Å². The second kappa shape index (κ2) is 52.0. The number of carbonyl (C=O) groups excluding carboxylic acids is 2. The Hall–Kier alpha value is -3.47. The van der Waals surface area contributed by atoms with E-state index in [9.17, 15) is 83.8 Å². The molecule has 2 aliphatic heterocycles. The molecule has 0 aliphatic carbocycles. The first-order valence-corrected chi connectivity index (χ1v) is 42.4. The number of hydrogen-bond acceptors (Lipinski definition) is 25. The van der Waals surface area contributed by atoms with Gasteiger partial charge in [0.15, 0.2) is 11.6 Å². The number of nitrogens with one attached hydrogen (secondary N) is 1. The number of aliphatic hydroxyl groups is 12. The van der Waals surface area contributed by atoms with Gasteiger partial charge in [0, 0.05) is 42.9 Å². The second-order valence-corrected chi connectivity index (χ2v) is 33.8. The fourth-order valence-corrected chi connectivity index (χ4v) is 16.1. The van der Waals surface area contributed by atoms with Gasteiger partial charge in [0.1, 0.15) is 24.6 Å². The third-order valence-corrected chi connectivity index (χ3v) is 22.7. The number of carbonyl (C=O) groups is 2. The van der Waals surface area contributed by atoms with Crippen molar-refractivity contribution in [3.8, 4) is 0 Å². The molecule has 28 heteroatoms. The topological polar surface area (TPSA) is 445 Å². The minimum absolute atomic E-state index is 0.0190. The van der Waals surface area contributed by atoms with Crippen molar-refractivity contribution in [3.05, 3.63) is 57.7 Å². The second-order valence-electron chi connectivity index (χ2n) is 31.8. The molecule has 107 heavy (non-hydrogen) atoms. The van der Waals surface area contributed by atoms with Crippen LogP contribution in [0.3, 0.4) is 0 Å². The number of aliphatic hydroxyl groups excluding tert-OH is 12. The van der Waals surface area contributed by atoms with Crippen LogP contribution in [0, 0.1) is 23.7 Å². The summed E-state index contributed by atoms with van der Waals surface area (Å²) in [5.41, 5.74) is 6.57. The highest BCUT2D eigenvalue weighted by atomic mass is 32.3. The lowest BCUT2D eigenvalue weighted by Gasteiger charge is -2.35. The Kier molecular flexibility index (Phi) is 46.6. The molecular weight excluding hydrogens is 1420 g/mol. The first-order chi connectivity index (χ1) is 50.7. The number of aromatic nitrogens is 2. The number of ether oxygens (including phenoxy) is 3. The molecular formula is C79H140N4O22S2. The maximum Gasteiger partial charge on any atom is 0.397 e. The number of esters is 1. The summed E-state index contributed by atoms with van der Waals surface area (Å²) < 4.78 is 64.3. The molecule has 1 amide bonds. The number of oxazole rings is 1. The van der Waals surface area contributed by atoms with Gasteiger partial charge in [-0.05, 0) is 212 Å². The van der Waals surface area contributed by atoms with Gasteiger partial charge >= 0.3 is 16.4 Å². The summed E-state index contributed by atoms with van der Waals surface area (Å²) in [5.74, 6) is -2.94. The first-order valence-electron chi connectivity index (χ1n) is 40.2. The number of aryl methyl sites for hydroxylation is 2. The number of nitrogens with zero attached hydrogens (tertiary/aromatic N) is 2. The zero-order chi connectivity index (χ0) is 79.2. The standard InChI is InChI=1S/C79H140N4O22S2/c1-50-33-36-64(91)41-59(86)25-17-24-57(84)23-16-15-21-52(3)77(105-107(98,99)100)76(56(7)103-79(97)69-48-102-74(81-69)31-20-30-60(87)40-58(85)26-19-29-63(90)45-68(101-8)37-34-50)83-78(96)54(5)39-53(4)71(95)46-66(93)43-62(89)28-18-27-61(88)42-65(92)44-67(94)47-73-51(2)35-38-72(104-73)70-49-106-75(82-70)32-14-12-10-9-11-13-22-55(6)80/h34,37,39,48-53,55-68,71-73,76-77,84-95H,9-33,35-36,38,40-47,80H2,1-8H3,(H,83,96)(H,98,99,100)/b37-34+,54-39+/t50-,51-,52+,53-,55+,56+,57-,58+,59-,60-,61+,62-,63-,64+,65-,66+,67-,68+,71-,72-,73-,76-,77-/m0/s1. The lowest BCUT2D eigenvalue weighted by Crippen LogP contribution is -2.55. The van der Waals surface area contributed by atoms with Crippen LogP contribution in [0.15, 0.2) is 39.9 Å². The number of nitrogens with two attached hydrogens (primary N) is 1. The highest BCUT2D eigenvalue weighted by Gasteiger charge is 2.40. The zero-order valence-corrected chi connectivity index (χ0v) is 67.0. The van der Waals surface area contributed by atoms with Gasteiger partial charge < -0.3 is 91.0 Å².